The Morgan fingerprint density at radius 2 is 2.14 bits per heavy atom. The summed E-state index contributed by atoms with van der Waals surface area (Å²) in [5, 5.41) is 9.54. The number of rotatable bonds is 0. The van der Waals surface area contributed by atoms with Crippen LogP contribution in [0.2, 0.25) is 0 Å². The maximum absolute atomic E-state index is 9.54. The van der Waals surface area contributed by atoms with E-state index in [1.165, 1.54) is 0 Å². The van der Waals surface area contributed by atoms with E-state index in [1.54, 1.807) is 0 Å². The van der Waals surface area contributed by atoms with Gasteiger partial charge in [0.25, 0.3) is 0 Å². The number of hydrogen-bond donors (Lipinski definition) is 2. The van der Waals surface area contributed by atoms with Crippen LogP contribution >= 0.6 is 31.9 Å². The fourth-order valence-corrected chi connectivity index (χ4v) is 2.93. The normalized spacial score (nSPS) is 25.4. The van der Waals surface area contributed by atoms with E-state index in [4.69, 9.17) is 10.5 Å². The van der Waals surface area contributed by atoms with Crippen LogP contribution in [0, 0.1) is 0 Å². The van der Waals surface area contributed by atoms with Gasteiger partial charge in [0.1, 0.15) is 18.5 Å². The van der Waals surface area contributed by atoms with E-state index in [0.717, 1.165) is 20.3 Å². The summed E-state index contributed by atoms with van der Waals surface area (Å²) in [4.78, 5) is 0. The molecule has 0 saturated carbocycles. The number of aliphatic hydroxyl groups excluding tert-OH is 1. The highest BCUT2D eigenvalue weighted by Gasteiger charge is 2.28. The molecule has 1 heterocycles. The first-order valence-corrected chi connectivity index (χ1v) is 5.73. The van der Waals surface area contributed by atoms with E-state index in [0.29, 0.717) is 0 Å². The van der Waals surface area contributed by atoms with Crippen molar-refractivity contribution in [2.24, 2.45) is 5.73 Å². The van der Waals surface area contributed by atoms with Crippen molar-refractivity contribution in [1.29, 1.82) is 0 Å². The minimum Gasteiger partial charge on any atom is -0.490 e. The highest BCUT2D eigenvalue weighted by molar-refractivity contribution is 9.11. The molecule has 0 saturated heterocycles. The summed E-state index contributed by atoms with van der Waals surface area (Å²) in [6.07, 6.45) is -0.639. The monoisotopic (exact) mass is 321 g/mol. The predicted octanol–water partition coefficient (Wildman–Crippen LogP) is 1.96. The average molecular weight is 323 g/mol. The lowest BCUT2D eigenvalue weighted by molar-refractivity contribution is 0.0674. The molecule has 0 aromatic heterocycles. The zero-order valence-electron chi connectivity index (χ0n) is 7.21. The zero-order chi connectivity index (χ0) is 10.3. The third kappa shape index (κ3) is 1.69. The van der Waals surface area contributed by atoms with Gasteiger partial charge in [-0.15, -0.1) is 0 Å². The molecule has 5 heteroatoms. The molecule has 2 atom stereocenters. The van der Waals surface area contributed by atoms with Crippen LogP contribution in [0.4, 0.5) is 0 Å². The van der Waals surface area contributed by atoms with Gasteiger partial charge in [-0.3, -0.25) is 0 Å². The molecule has 0 radical (unpaired) electrons. The van der Waals surface area contributed by atoms with Gasteiger partial charge in [0, 0.05) is 14.5 Å². The molecule has 2 rings (SSSR count). The van der Waals surface area contributed by atoms with Crippen molar-refractivity contribution in [3.63, 3.8) is 0 Å². The van der Waals surface area contributed by atoms with Crippen LogP contribution in [0.5, 0.6) is 5.75 Å². The second-order valence-electron chi connectivity index (χ2n) is 3.20. The van der Waals surface area contributed by atoms with Gasteiger partial charge in [0.2, 0.25) is 0 Å². The van der Waals surface area contributed by atoms with Gasteiger partial charge in [-0.1, -0.05) is 31.9 Å². The Kier molecular flexibility index (Phi) is 2.83. The lowest BCUT2D eigenvalue weighted by atomic mass is 9.99. The van der Waals surface area contributed by atoms with Crippen molar-refractivity contribution < 1.29 is 9.84 Å². The van der Waals surface area contributed by atoms with E-state index in [-0.39, 0.29) is 12.6 Å². The van der Waals surface area contributed by atoms with Crippen LogP contribution in [0.15, 0.2) is 21.1 Å². The van der Waals surface area contributed by atoms with Gasteiger partial charge in [-0.25, -0.2) is 0 Å². The molecule has 76 valence electrons. The van der Waals surface area contributed by atoms with E-state index >= 15 is 0 Å². The third-order valence-corrected chi connectivity index (χ3v) is 3.33. The topological polar surface area (TPSA) is 55.5 Å². The van der Waals surface area contributed by atoms with E-state index in [9.17, 15) is 5.11 Å². The van der Waals surface area contributed by atoms with Gasteiger partial charge in [0.15, 0.2) is 0 Å². The molecule has 1 aromatic carbocycles. The molecule has 0 aliphatic carbocycles. The minimum absolute atomic E-state index is 0.247. The molecule has 0 fully saturated rings. The van der Waals surface area contributed by atoms with Crippen molar-refractivity contribution in [3.05, 3.63) is 26.6 Å². The zero-order valence-corrected chi connectivity index (χ0v) is 10.4. The molecule has 14 heavy (non-hydrogen) atoms. The van der Waals surface area contributed by atoms with Crippen molar-refractivity contribution >= 4 is 31.9 Å². The summed E-state index contributed by atoms with van der Waals surface area (Å²) in [5.41, 5.74) is 6.69. The smallest absolute Gasteiger partial charge is 0.126 e. The number of halogens is 2. The van der Waals surface area contributed by atoms with Crippen molar-refractivity contribution in [1.82, 2.24) is 0 Å². The molecular formula is C9H9Br2NO2. The molecule has 0 unspecified atom stereocenters. The molecule has 3 nitrogen and oxygen atoms in total. The van der Waals surface area contributed by atoms with E-state index < -0.39 is 6.10 Å². The first kappa shape index (κ1) is 10.4. The summed E-state index contributed by atoms with van der Waals surface area (Å²) in [6, 6.07) is 3.35. The van der Waals surface area contributed by atoms with Gasteiger partial charge >= 0.3 is 0 Å². The molecule has 0 amide bonds. The lowest BCUT2D eigenvalue weighted by Crippen LogP contribution is -2.36. The summed E-state index contributed by atoms with van der Waals surface area (Å²) in [6.45, 7) is 0.247. The van der Waals surface area contributed by atoms with Gasteiger partial charge < -0.3 is 15.6 Å². The van der Waals surface area contributed by atoms with Crippen LogP contribution in [0.1, 0.15) is 11.6 Å². The maximum Gasteiger partial charge on any atom is 0.126 e. The largest absolute Gasteiger partial charge is 0.490 e. The average Bonchev–Trinajstić information content (AvgIpc) is 2.10. The number of ether oxygens (including phenoxy) is 1. The number of aliphatic hydroxyl groups is 1. The molecule has 0 bridgehead atoms. The number of nitrogens with two attached hydrogens (primary N) is 1. The third-order valence-electron chi connectivity index (χ3n) is 2.21. The molecule has 1 aromatic rings. The number of hydrogen-bond acceptors (Lipinski definition) is 3. The Labute approximate surface area is 98.5 Å². The summed E-state index contributed by atoms with van der Waals surface area (Å²) in [7, 11) is 0. The van der Waals surface area contributed by atoms with Gasteiger partial charge in [0.05, 0.1) is 6.04 Å². The second-order valence-corrected chi connectivity index (χ2v) is 4.97. The van der Waals surface area contributed by atoms with Crippen molar-refractivity contribution in [3.8, 4) is 5.75 Å². The maximum atomic E-state index is 9.54. The second kappa shape index (κ2) is 3.81. The quantitative estimate of drug-likeness (QED) is 0.767. The Morgan fingerprint density at radius 1 is 1.43 bits per heavy atom. The fourth-order valence-electron chi connectivity index (χ4n) is 1.48. The lowest BCUT2D eigenvalue weighted by Gasteiger charge is -2.28. The van der Waals surface area contributed by atoms with Crippen LogP contribution in [0.25, 0.3) is 0 Å². The Balaban J connectivity index is 2.54. The molecular weight excluding hydrogens is 314 g/mol. The molecule has 0 spiro atoms. The highest BCUT2D eigenvalue weighted by Crippen LogP contribution is 2.38. The summed E-state index contributed by atoms with van der Waals surface area (Å²) >= 11 is 6.76. The fraction of sp³-hybridized carbons (Fsp3) is 0.333. The van der Waals surface area contributed by atoms with Crippen LogP contribution in [-0.4, -0.2) is 17.8 Å². The molecule has 1 aliphatic heterocycles. The highest BCUT2D eigenvalue weighted by atomic mass is 79.9. The standard InChI is InChI=1S/C9H9Br2NO2/c10-4-1-5(11)8-7(2-4)14-3-6(13)9(8)12/h1-2,6,9,13H,3,12H2/t6-,9-/m1/s1. The summed E-state index contributed by atoms with van der Waals surface area (Å²) < 4.78 is 7.16. The van der Waals surface area contributed by atoms with Gasteiger partial charge in [-0.2, -0.15) is 0 Å². The molecule has 1 aliphatic rings. The minimum atomic E-state index is -0.639. The number of fused-ring (bicyclic) bond motifs is 1. The van der Waals surface area contributed by atoms with Crippen LogP contribution < -0.4 is 10.5 Å². The van der Waals surface area contributed by atoms with E-state index in [2.05, 4.69) is 31.9 Å². The SMILES string of the molecule is N[C@H]1c2c(Br)cc(Br)cc2OC[C@H]1O. The first-order valence-electron chi connectivity index (χ1n) is 4.15. The summed E-state index contributed by atoms with van der Waals surface area (Å²) in [5.74, 6) is 0.726. The number of benzene rings is 1. The van der Waals surface area contributed by atoms with Crippen molar-refractivity contribution in [2.45, 2.75) is 12.1 Å². The Hall–Kier alpha value is -0.100. The molecule has 3 N–H and O–H groups in total. The van der Waals surface area contributed by atoms with Crippen LogP contribution in [0.3, 0.4) is 0 Å². The van der Waals surface area contributed by atoms with E-state index in [1.807, 2.05) is 12.1 Å². The van der Waals surface area contributed by atoms with Crippen LogP contribution in [-0.2, 0) is 0 Å². The first-order chi connectivity index (χ1) is 6.59. The predicted molar refractivity (Wildman–Crippen MR) is 60.3 cm³/mol. The Bertz CT molecular complexity index is 370. The Morgan fingerprint density at radius 3 is 2.86 bits per heavy atom. The van der Waals surface area contributed by atoms with Crippen molar-refractivity contribution in [2.75, 3.05) is 6.61 Å². The van der Waals surface area contributed by atoms with Gasteiger partial charge in [-0.05, 0) is 12.1 Å².